The molecule has 0 spiro atoms. The number of nitrogens with one attached hydrogen (secondary N) is 1. The molecule has 0 aliphatic carbocycles. The first-order valence-electron chi connectivity index (χ1n) is 7.46. The number of benzene rings is 1. The summed E-state index contributed by atoms with van der Waals surface area (Å²) in [6.07, 6.45) is 4.84. The average Bonchev–Trinajstić information content (AvgIpc) is 2.41. The van der Waals surface area contributed by atoms with E-state index in [1.54, 1.807) is 12.1 Å². The lowest BCUT2D eigenvalue weighted by Crippen LogP contribution is -2.47. The van der Waals surface area contributed by atoms with Crippen LogP contribution in [0.4, 0.5) is 10.1 Å². The molecule has 0 bridgehead atoms. The lowest BCUT2D eigenvalue weighted by Gasteiger charge is -2.39. The summed E-state index contributed by atoms with van der Waals surface area (Å²) in [5.74, 6) is -0.160. The normalized spacial score (nSPS) is 23.6. The number of nitrogens with zero attached hydrogens (tertiary/aromatic N) is 1. The molecular weight excluding hydrogens is 239 g/mol. The summed E-state index contributed by atoms with van der Waals surface area (Å²) in [4.78, 5) is 2.39. The molecule has 1 aromatic rings. The van der Waals surface area contributed by atoms with Crippen molar-refractivity contribution in [2.24, 2.45) is 0 Å². The van der Waals surface area contributed by atoms with Gasteiger partial charge in [0.2, 0.25) is 0 Å². The highest BCUT2D eigenvalue weighted by Gasteiger charge is 2.24. The second-order valence-electron chi connectivity index (χ2n) is 5.55. The van der Waals surface area contributed by atoms with E-state index in [0.717, 1.165) is 18.8 Å². The van der Waals surface area contributed by atoms with Crippen LogP contribution in [0.1, 0.15) is 39.5 Å². The molecule has 0 aromatic heterocycles. The largest absolute Gasteiger partial charge is 0.369 e. The molecule has 1 aliphatic heterocycles. The molecule has 1 aliphatic rings. The van der Waals surface area contributed by atoms with Crippen LogP contribution in [0, 0.1) is 5.82 Å². The van der Waals surface area contributed by atoms with E-state index in [-0.39, 0.29) is 5.82 Å². The molecule has 0 amide bonds. The quantitative estimate of drug-likeness (QED) is 0.818. The van der Waals surface area contributed by atoms with Gasteiger partial charge in [-0.05, 0) is 57.0 Å². The van der Waals surface area contributed by atoms with Crippen LogP contribution in [0.2, 0.25) is 0 Å². The Morgan fingerprint density at radius 1 is 1.32 bits per heavy atom. The Kier molecular flexibility index (Phi) is 5.20. The molecule has 1 aromatic carbocycles. The third kappa shape index (κ3) is 3.93. The maximum atomic E-state index is 13.0. The molecule has 2 rings (SSSR count). The third-order valence-electron chi connectivity index (χ3n) is 4.00. The minimum atomic E-state index is -0.160. The zero-order valence-corrected chi connectivity index (χ0v) is 12.0. The van der Waals surface area contributed by atoms with E-state index >= 15 is 0 Å². The summed E-state index contributed by atoms with van der Waals surface area (Å²) in [6.45, 7) is 6.67. The van der Waals surface area contributed by atoms with Crippen LogP contribution in [-0.4, -0.2) is 25.2 Å². The first-order valence-corrected chi connectivity index (χ1v) is 7.46. The predicted octanol–water partition coefficient (Wildman–Crippen LogP) is 3.57. The van der Waals surface area contributed by atoms with Gasteiger partial charge in [-0.15, -0.1) is 0 Å². The van der Waals surface area contributed by atoms with Crippen LogP contribution in [-0.2, 0) is 0 Å². The van der Waals surface area contributed by atoms with Gasteiger partial charge in [-0.25, -0.2) is 4.39 Å². The molecule has 0 radical (unpaired) electrons. The van der Waals surface area contributed by atoms with Gasteiger partial charge in [0, 0.05) is 24.3 Å². The highest BCUT2D eigenvalue weighted by Crippen LogP contribution is 2.25. The van der Waals surface area contributed by atoms with Gasteiger partial charge in [-0.3, -0.25) is 0 Å². The minimum Gasteiger partial charge on any atom is -0.369 e. The second-order valence-corrected chi connectivity index (χ2v) is 5.55. The number of piperidine rings is 1. The van der Waals surface area contributed by atoms with Crippen molar-refractivity contribution in [3.05, 3.63) is 30.1 Å². The first-order chi connectivity index (χ1) is 9.20. The number of anilines is 1. The molecule has 0 saturated carbocycles. The summed E-state index contributed by atoms with van der Waals surface area (Å²) in [7, 11) is 0. The molecule has 2 unspecified atom stereocenters. The molecular formula is C16H25FN2. The zero-order valence-electron chi connectivity index (χ0n) is 12.0. The van der Waals surface area contributed by atoms with E-state index in [1.165, 1.54) is 25.7 Å². The number of hydrogen-bond donors (Lipinski definition) is 1. The van der Waals surface area contributed by atoms with E-state index in [1.807, 2.05) is 12.1 Å². The molecule has 2 nitrogen and oxygen atoms in total. The fourth-order valence-corrected chi connectivity index (χ4v) is 2.86. The van der Waals surface area contributed by atoms with Crippen LogP contribution in [0.25, 0.3) is 0 Å². The zero-order chi connectivity index (χ0) is 13.7. The van der Waals surface area contributed by atoms with Crippen LogP contribution >= 0.6 is 0 Å². The highest BCUT2D eigenvalue weighted by molar-refractivity contribution is 5.47. The Bertz CT molecular complexity index is 377. The monoisotopic (exact) mass is 264 g/mol. The molecule has 19 heavy (non-hydrogen) atoms. The first kappa shape index (κ1) is 14.3. The van der Waals surface area contributed by atoms with E-state index in [0.29, 0.717) is 12.1 Å². The van der Waals surface area contributed by atoms with Crippen LogP contribution in [0.15, 0.2) is 24.3 Å². The number of hydrogen-bond acceptors (Lipinski definition) is 2. The highest BCUT2D eigenvalue weighted by atomic mass is 19.1. The maximum Gasteiger partial charge on any atom is 0.123 e. The Labute approximate surface area is 116 Å². The number of rotatable bonds is 5. The minimum absolute atomic E-state index is 0.160. The van der Waals surface area contributed by atoms with E-state index < -0.39 is 0 Å². The SMILES string of the molecule is CCCCNC1CCN(c2ccc(F)cc2)C(C)C1. The van der Waals surface area contributed by atoms with Gasteiger partial charge in [0.15, 0.2) is 0 Å². The Balaban J connectivity index is 1.88. The topological polar surface area (TPSA) is 15.3 Å². The van der Waals surface area contributed by atoms with Crippen molar-refractivity contribution in [1.82, 2.24) is 5.32 Å². The second kappa shape index (κ2) is 6.90. The van der Waals surface area contributed by atoms with E-state index in [9.17, 15) is 4.39 Å². The summed E-state index contributed by atoms with van der Waals surface area (Å²) in [5.41, 5.74) is 1.14. The number of halogens is 1. The van der Waals surface area contributed by atoms with Crippen molar-refractivity contribution < 1.29 is 4.39 Å². The van der Waals surface area contributed by atoms with Crippen molar-refractivity contribution in [3.8, 4) is 0 Å². The van der Waals surface area contributed by atoms with Crippen molar-refractivity contribution in [3.63, 3.8) is 0 Å². The average molecular weight is 264 g/mol. The van der Waals surface area contributed by atoms with E-state index in [2.05, 4.69) is 24.1 Å². The predicted molar refractivity (Wildman–Crippen MR) is 79.1 cm³/mol. The van der Waals surface area contributed by atoms with Gasteiger partial charge in [0.1, 0.15) is 5.82 Å². The summed E-state index contributed by atoms with van der Waals surface area (Å²) >= 11 is 0. The fraction of sp³-hybridized carbons (Fsp3) is 0.625. The molecule has 1 saturated heterocycles. The van der Waals surface area contributed by atoms with Gasteiger partial charge in [0.25, 0.3) is 0 Å². The molecule has 1 heterocycles. The van der Waals surface area contributed by atoms with Crippen molar-refractivity contribution >= 4 is 5.69 Å². The summed E-state index contributed by atoms with van der Waals surface area (Å²) in [6, 6.07) is 8.02. The fourth-order valence-electron chi connectivity index (χ4n) is 2.86. The number of unbranched alkanes of at least 4 members (excludes halogenated alkanes) is 1. The molecule has 106 valence electrons. The van der Waals surface area contributed by atoms with E-state index in [4.69, 9.17) is 0 Å². The summed E-state index contributed by atoms with van der Waals surface area (Å²) in [5, 5.41) is 3.65. The Hall–Kier alpha value is -1.09. The van der Waals surface area contributed by atoms with Gasteiger partial charge >= 0.3 is 0 Å². The van der Waals surface area contributed by atoms with Gasteiger partial charge in [0.05, 0.1) is 0 Å². The smallest absolute Gasteiger partial charge is 0.123 e. The van der Waals surface area contributed by atoms with Crippen molar-refractivity contribution in [1.29, 1.82) is 0 Å². The van der Waals surface area contributed by atoms with Gasteiger partial charge in [-0.2, -0.15) is 0 Å². The molecule has 1 N–H and O–H groups in total. The standard InChI is InChI=1S/C16H25FN2/c1-3-4-10-18-15-9-11-19(13(2)12-15)16-7-5-14(17)6-8-16/h5-8,13,15,18H,3-4,9-12H2,1-2H3. The lowest BCUT2D eigenvalue weighted by molar-refractivity contribution is 0.366. The van der Waals surface area contributed by atoms with Crippen molar-refractivity contribution in [2.75, 3.05) is 18.0 Å². The van der Waals surface area contributed by atoms with Crippen LogP contribution in [0.3, 0.4) is 0 Å². The molecule has 1 fully saturated rings. The lowest BCUT2D eigenvalue weighted by atomic mass is 9.97. The Morgan fingerprint density at radius 3 is 2.68 bits per heavy atom. The van der Waals surface area contributed by atoms with Gasteiger partial charge in [-0.1, -0.05) is 13.3 Å². The van der Waals surface area contributed by atoms with Crippen LogP contribution < -0.4 is 10.2 Å². The maximum absolute atomic E-state index is 13.0. The summed E-state index contributed by atoms with van der Waals surface area (Å²) < 4.78 is 13.0. The Morgan fingerprint density at radius 2 is 2.05 bits per heavy atom. The van der Waals surface area contributed by atoms with Crippen LogP contribution in [0.5, 0.6) is 0 Å². The molecule has 3 heteroatoms. The van der Waals surface area contributed by atoms with Crippen molar-refractivity contribution in [2.45, 2.75) is 51.6 Å². The molecule has 2 atom stereocenters. The third-order valence-corrected chi connectivity index (χ3v) is 4.00. The van der Waals surface area contributed by atoms with Gasteiger partial charge < -0.3 is 10.2 Å².